The Kier molecular flexibility index (Phi) is 6.02. The lowest BCUT2D eigenvalue weighted by Gasteiger charge is -2.28. The fraction of sp³-hybridized carbons (Fsp3) is 0.526. The number of anilines is 1. The highest BCUT2D eigenvalue weighted by Crippen LogP contribution is 2.20. The molecule has 2 rings (SSSR count). The number of carbonyl (C=O) groups is 2. The first-order valence-electron chi connectivity index (χ1n) is 8.55. The lowest BCUT2D eigenvalue weighted by Crippen LogP contribution is -2.41. The molecule has 0 aliphatic carbocycles. The molecular weight excluding hydrogens is 316 g/mol. The molecule has 1 aliphatic heterocycles. The maximum absolute atomic E-state index is 12.5. The van der Waals surface area contributed by atoms with Gasteiger partial charge in [-0.25, -0.2) is 4.98 Å². The topological polar surface area (TPSA) is 65.5 Å². The van der Waals surface area contributed by atoms with Gasteiger partial charge in [-0.1, -0.05) is 26.7 Å². The zero-order chi connectivity index (χ0) is 18.4. The summed E-state index contributed by atoms with van der Waals surface area (Å²) in [6.45, 7) is 9.06. The molecule has 1 aromatic rings. The van der Waals surface area contributed by atoms with Crippen molar-refractivity contribution >= 4 is 17.6 Å². The third-order valence-corrected chi connectivity index (χ3v) is 4.11. The van der Waals surface area contributed by atoms with E-state index in [2.05, 4.69) is 21.1 Å². The molecule has 1 N–H and O–H groups in total. The molecule has 1 aromatic heterocycles. The summed E-state index contributed by atoms with van der Waals surface area (Å²) in [5.41, 5.74) is 0.124. The molecule has 1 aliphatic rings. The van der Waals surface area contributed by atoms with Crippen molar-refractivity contribution in [2.24, 2.45) is 5.41 Å². The smallest absolute Gasteiger partial charge is 0.253 e. The zero-order valence-corrected chi connectivity index (χ0v) is 15.2. The molecule has 0 spiro atoms. The van der Waals surface area contributed by atoms with Crippen molar-refractivity contribution in [2.75, 3.05) is 37.6 Å². The number of hydrogen-bond donors (Lipinski definition) is 1. The Balaban J connectivity index is 2.00. The van der Waals surface area contributed by atoms with Crippen LogP contribution in [0.4, 0.5) is 5.82 Å². The van der Waals surface area contributed by atoms with Gasteiger partial charge in [0.15, 0.2) is 0 Å². The van der Waals surface area contributed by atoms with Crippen molar-refractivity contribution in [1.82, 2.24) is 15.2 Å². The quantitative estimate of drug-likeness (QED) is 0.846. The third kappa shape index (κ3) is 4.96. The average molecular weight is 342 g/mol. The minimum Gasteiger partial charge on any atom is -0.355 e. The third-order valence-electron chi connectivity index (χ3n) is 4.11. The lowest BCUT2D eigenvalue weighted by atomic mass is 9.94. The molecule has 25 heavy (non-hydrogen) atoms. The number of pyridine rings is 1. The summed E-state index contributed by atoms with van der Waals surface area (Å²) in [6.07, 6.45) is 7.59. The van der Waals surface area contributed by atoms with Gasteiger partial charge in [-0.2, -0.15) is 0 Å². The van der Waals surface area contributed by atoms with E-state index < -0.39 is 0 Å². The van der Waals surface area contributed by atoms with E-state index in [1.54, 1.807) is 12.3 Å². The molecular formula is C19H26N4O2. The normalized spacial score (nSPS) is 15.3. The Morgan fingerprint density at radius 1 is 1.24 bits per heavy atom. The van der Waals surface area contributed by atoms with Crippen molar-refractivity contribution < 1.29 is 9.59 Å². The summed E-state index contributed by atoms with van der Waals surface area (Å²) >= 11 is 0. The highest BCUT2D eigenvalue weighted by atomic mass is 16.2. The van der Waals surface area contributed by atoms with Crippen LogP contribution in [0.25, 0.3) is 0 Å². The average Bonchev–Trinajstić information content (AvgIpc) is 2.84. The van der Waals surface area contributed by atoms with Gasteiger partial charge < -0.3 is 15.1 Å². The fourth-order valence-electron chi connectivity index (χ4n) is 2.76. The van der Waals surface area contributed by atoms with E-state index in [0.717, 1.165) is 31.9 Å². The summed E-state index contributed by atoms with van der Waals surface area (Å²) in [5.74, 6) is 3.14. The zero-order valence-electron chi connectivity index (χ0n) is 15.2. The largest absolute Gasteiger partial charge is 0.355 e. The van der Waals surface area contributed by atoms with E-state index in [1.165, 1.54) is 0 Å². The number of aromatic nitrogens is 1. The van der Waals surface area contributed by atoms with Crippen LogP contribution in [0, 0.1) is 17.8 Å². The van der Waals surface area contributed by atoms with Crippen LogP contribution in [0.5, 0.6) is 0 Å². The van der Waals surface area contributed by atoms with Gasteiger partial charge >= 0.3 is 0 Å². The van der Waals surface area contributed by atoms with Gasteiger partial charge in [-0.3, -0.25) is 9.59 Å². The number of carbonyl (C=O) groups excluding carboxylic acids is 2. The van der Waals surface area contributed by atoms with Gasteiger partial charge in [0.25, 0.3) is 5.91 Å². The van der Waals surface area contributed by atoms with E-state index in [9.17, 15) is 9.59 Å². The first-order chi connectivity index (χ1) is 11.8. The van der Waals surface area contributed by atoms with Crippen molar-refractivity contribution in [1.29, 1.82) is 0 Å². The second kappa shape index (κ2) is 8.02. The van der Waals surface area contributed by atoms with Crippen LogP contribution >= 0.6 is 0 Å². The molecule has 6 nitrogen and oxygen atoms in total. The van der Waals surface area contributed by atoms with Crippen LogP contribution < -0.4 is 10.2 Å². The molecule has 0 saturated carbocycles. The molecule has 134 valence electrons. The number of terminal acetylenes is 1. The first kappa shape index (κ1) is 18.8. The monoisotopic (exact) mass is 342 g/mol. The number of amides is 2. The van der Waals surface area contributed by atoms with Crippen LogP contribution in [0.1, 0.15) is 37.6 Å². The fourth-order valence-corrected chi connectivity index (χ4v) is 2.76. The molecule has 1 saturated heterocycles. The van der Waals surface area contributed by atoms with Gasteiger partial charge in [-0.15, -0.1) is 6.42 Å². The van der Waals surface area contributed by atoms with E-state index in [0.29, 0.717) is 12.1 Å². The highest BCUT2D eigenvalue weighted by Gasteiger charge is 2.28. The second-order valence-corrected chi connectivity index (χ2v) is 7.17. The molecule has 0 unspecified atom stereocenters. The summed E-state index contributed by atoms with van der Waals surface area (Å²) in [6, 6.07) is 3.59. The van der Waals surface area contributed by atoms with Crippen molar-refractivity contribution in [2.45, 2.75) is 27.2 Å². The van der Waals surface area contributed by atoms with Crippen molar-refractivity contribution in [3.8, 4) is 12.3 Å². The summed E-state index contributed by atoms with van der Waals surface area (Å²) < 4.78 is 0. The predicted octanol–water partition coefficient (Wildman–Crippen LogP) is 1.53. The second-order valence-electron chi connectivity index (χ2n) is 7.17. The minimum atomic E-state index is -0.360. The SMILES string of the molecule is C#CCNC(=O)c1ccc(N2CCCN(C(=O)C(C)(C)C)CC2)nc1. The maximum Gasteiger partial charge on any atom is 0.253 e. The Hall–Kier alpha value is -2.55. The lowest BCUT2D eigenvalue weighted by molar-refractivity contribution is -0.139. The number of hydrogen-bond acceptors (Lipinski definition) is 4. The summed E-state index contributed by atoms with van der Waals surface area (Å²) in [5, 5.41) is 2.62. The first-order valence-corrected chi connectivity index (χ1v) is 8.55. The van der Waals surface area contributed by atoms with Crippen LogP contribution in [0.15, 0.2) is 18.3 Å². The van der Waals surface area contributed by atoms with Gasteiger partial charge in [-0.05, 0) is 18.6 Å². The molecule has 0 bridgehead atoms. The molecule has 0 atom stereocenters. The standard InChI is InChI=1S/C19H26N4O2/c1-5-9-20-17(24)15-7-8-16(21-14-15)22-10-6-11-23(13-12-22)18(25)19(2,3)4/h1,7-8,14H,6,9-13H2,2-4H3,(H,20,24). The van der Waals surface area contributed by atoms with Gasteiger partial charge in [0.05, 0.1) is 12.1 Å². The molecule has 1 fully saturated rings. The number of rotatable bonds is 3. The van der Waals surface area contributed by atoms with Crippen molar-refractivity contribution in [3.05, 3.63) is 23.9 Å². The van der Waals surface area contributed by atoms with E-state index in [4.69, 9.17) is 6.42 Å². The van der Waals surface area contributed by atoms with Crippen molar-refractivity contribution in [3.63, 3.8) is 0 Å². The van der Waals surface area contributed by atoms with Crippen LogP contribution in [0.3, 0.4) is 0 Å². The Bertz CT molecular complexity index is 655. The van der Waals surface area contributed by atoms with Crippen LogP contribution in [-0.2, 0) is 4.79 Å². The van der Waals surface area contributed by atoms with E-state index in [1.807, 2.05) is 31.7 Å². The molecule has 2 heterocycles. The maximum atomic E-state index is 12.5. The van der Waals surface area contributed by atoms with Gasteiger partial charge in [0, 0.05) is 37.8 Å². The van der Waals surface area contributed by atoms with E-state index >= 15 is 0 Å². The molecule has 2 amide bonds. The van der Waals surface area contributed by atoms with Crippen LogP contribution in [0.2, 0.25) is 0 Å². The summed E-state index contributed by atoms with van der Waals surface area (Å²) in [4.78, 5) is 32.8. The molecule has 0 radical (unpaired) electrons. The van der Waals surface area contributed by atoms with Gasteiger partial charge in [0.1, 0.15) is 5.82 Å². The Morgan fingerprint density at radius 2 is 2.00 bits per heavy atom. The Labute approximate surface area is 149 Å². The Morgan fingerprint density at radius 3 is 2.60 bits per heavy atom. The molecule has 0 aromatic carbocycles. The predicted molar refractivity (Wildman–Crippen MR) is 98.3 cm³/mol. The van der Waals surface area contributed by atoms with Gasteiger partial charge in [0.2, 0.25) is 5.91 Å². The highest BCUT2D eigenvalue weighted by molar-refractivity contribution is 5.94. The van der Waals surface area contributed by atoms with Crippen LogP contribution in [-0.4, -0.2) is 54.4 Å². The summed E-state index contributed by atoms with van der Waals surface area (Å²) in [7, 11) is 0. The number of nitrogens with zero attached hydrogens (tertiary/aromatic N) is 3. The van der Waals surface area contributed by atoms with E-state index in [-0.39, 0.29) is 23.8 Å². The molecule has 6 heteroatoms. The minimum absolute atomic E-state index is 0.183. The number of nitrogens with one attached hydrogen (secondary N) is 1.